The number of hydrogen-bond acceptors (Lipinski definition) is 3. The molecule has 0 spiro atoms. The zero-order chi connectivity index (χ0) is 17.0. The van der Waals surface area contributed by atoms with Crippen LogP contribution in [0.2, 0.25) is 0 Å². The second-order valence-corrected chi connectivity index (χ2v) is 5.73. The molecule has 1 aromatic carbocycles. The minimum absolute atomic E-state index is 0.113. The van der Waals surface area contributed by atoms with Crippen molar-refractivity contribution < 1.29 is 14.7 Å². The van der Waals surface area contributed by atoms with E-state index in [1.165, 1.54) is 0 Å². The van der Waals surface area contributed by atoms with Crippen LogP contribution in [0.5, 0.6) is 0 Å². The molecule has 0 radical (unpaired) electrons. The van der Waals surface area contributed by atoms with Crippen molar-refractivity contribution >= 4 is 11.9 Å². The summed E-state index contributed by atoms with van der Waals surface area (Å²) in [6.07, 6.45) is 0. The number of aliphatic carboxylic acids is 1. The molecule has 2 aromatic rings. The summed E-state index contributed by atoms with van der Waals surface area (Å²) in [5.41, 5.74) is 3.63. The number of nitrogens with zero attached hydrogens (tertiary/aromatic N) is 2. The molecule has 1 aromatic heterocycles. The van der Waals surface area contributed by atoms with Gasteiger partial charge < -0.3 is 10.4 Å². The topological polar surface area (TPSA) is 84.2 Å². The van der Waals surface area contributed by atoms with Crippen molar-refractivity contribution in [1.29, 1.82) is 0 Å². The van der Waals surface area contributed by atoms with Crippen LogP contribution in [0.4, 0.5) is 0 Å². The Balaban J connectivity index is 1.97. The summed E-state index contributed by atoms with van der Waals surface area (Å²) in [5, 5.41) is 15.8. The van der Waals surface area contributed by atoms with Gasteiger partial charge in [-0.1, -0.05) is 19.1 Å². The van der Waals surface area contributed by atoms with Gasteiger partial charge in [-0.15, -0.1) is 0 Å². The summed E-state index contributed by atoms with van der Waals surface area (Å²) >= 11 is 0. The highest BCUT2D eigenvalue weighted by Crippen LogP contribution is 2.09. The van der Waals surface area contributed by atoms with E-state index >= 15 is 0 Å². The minimum atomic E-state index is -0.925. The normalized spacial score (nSPS) is 12.0. The van der Waals surface area contributed by atoms with Crippen molar-refractivity contribution in [2.75, 3.05) is 6.54 Å². The number of nitrogens with one attached hydrogen (secondary N) is 1. The van der Waals surface area contributed by atoms with E-state index in [0.717, 1.165) is 17.0 Å². The number of aromatic nitrogens is 2. The number of carbonyl (C=O) groups excluding carboxylic acids is 1. The van der Waals surface area contributed by atoms with Crippen LogP contribution in [0.15, 0.2) is 30.3 Å². The van der Waals surface area contributed by atoms with E-state index in [1.54, 1.807) is 19.1 Å². The number of carboxylic acids is 1. The van der Waals surface area contributed by atoms with Crippen molar-refractivity contribution in [3.63, 3.8) is 0 Å². The van der Waals surface area contributed by atoms with Crippen LogP contribution in [0.3, 0.4) is 0 Å². The highest BCUT2D eigenvalue weighted by Gasteiger charge is 2.13. The van der Waals surface area contributed by atoms with Crippen molar-refractivity contribution in [3.8, 4) is 0 Å². The summed E-state index contributed by atoms with van der Waals surface area (Å²) in [6, 6.07) is 9.26. The van der Waals surface area contributed by atoms with Crippen LogP contribution in [0, 0.1) is 19.8 Å². The Kier molecular flexibility index (Phi) is 5.16. The fourth-order valence-electron chi connectivity index (χ4n) is 2.20. The molecule has 122 valence electrons. The molecule has 2 N–H and O–H groups in total. The number of benzene rings is 1. The lowest BCUT2D eigenvalue weighted by Gasteiger charge is -2.09. The first-order chi connectivity index (χ1) is 10.9. The first kappa shape index (κ1) is 16.7. The van der Waals surface area contributed by atoms with Crippen LogP contribution in [0.25, 0.3) is 0 Å². The molecule has 23 heavy (non-hydrogen) atoms. The van der Waals surface area contributed by atoms with E-state index in [-0.39, 0.29) is 12.5 Å². The highest BCUT2D eigenvalue weighted by atomic mass is 16.4. The van der Waals surface area contributed by atoms with Crippen LogP contribution >= 0.6 is 0 Å². The first-order valence-corrected chi connectivity index (χ1v) is 7.48. The van der Waals surface area contributed by atoms with Crippen LogP contribution in [0.1, 0.15) is 34.2 Å². The Morgan fingerprint density at radius 2 is 1.91 bits per heavy atom. The molecule has 0 bridgehead atoms. The molecular weight excluding hydrogens is 294 g/mol. The largest absolute Gasteiger partial charge is 0.481 e. The Morgan fingerprint density at radius 1 is 1.26 bits per heavy atom. The zero-order valence-electron chi connectivity index (χ0n) is 13.5. The van der Waals surface area contributed by atoms with Gasteiger partial charge in [0.1, 0.15) is 0 Å². The molecule has 6 heteroatoms. The lowest BCUT2D eigenvalue weighted by Crippen LogP contribution is -2.31. The van der Waals surface area contributed by atoms with E-state index < -0.39 is 11.9 Å². The number of amides is 1. The van der Waals surface area contributed by atoms with Gasteiger partial charge in [-0.25, -0.2) is 0 Å². The molecule has 1 atom stereocenters. The Bertz CT molecular complexity index is 704. The maximum absolute atomic E-state index is 12.0. The van der Waals surface area contributed by atoms with E-state index in [0.29, 0.717) is 12.1 Å². The first-order valence-electron chi connectivity index (χ1n) is 7.48. The average molecular weight is 315 g/mol. The SMILES string of the molecule is Cc1cc(C)n(Cc2ccc(C(=O)NCC(C)C(=O)O)cc2)n1. The summed E-state index contributed by atoms with van der Waals surface area (Å²) in [6.45, 7) is 6.28. The third-order valence-corrected chi connectivity index (χ3v) is 3.64. The molecule has 0 saturated carbocycles. The van der Waals surface area contributed by atoms with Crippen LogP contribution in [-0.4, -0.2) is 33.3 Å². The molecule has 1 heterocycles. The van der Waals surface area contributed by atoms with Gasteiger partial charge in [-0.05, 0) is 37.6 Å². The highest BCUT2D eigenvalue weighted by molar-refractivity contribution is 5.94. The third-order valence-electron chi connectivity index (χ3n) is 3.64. The maximum atomic E-state index is 12.0. The summed E-state index contributed by atoms with van der Waals surface area (Å²) in [5.74, 6) is -1.80. The van der Waals surface area contributed by atoms with E-state index in [1.807, 2.05) is 36.7 Å². The van der Waals surface area contributed by atoms with E-state index in [9.17, 15) is 9.59 Å². The van der Waals surface area contributed by atoms with Crippen LogP contribution in [-0.2, 0) is 11.3 Å². The molecule has 1 amide bonds. The van der Waals surface area contributed by atoms with Gasteiger partial charge in [-0.2, -0.15) is 5.10 Å². The lowest BCUT2D eigenvalue weighted by molar-refractivity contribution is -0.140. The summed E-state index contributed by atoms with van der Waals surface area (Å²) < 4.78 is 1.92. The molecule has 2 rings (SSSR count). The predicted molar refractivity (Wildman–Crippen MR) is 86.4 cm³/mol. The number of aryl methyl sites for hydroxylation is 2. The standard InChI is InChI=1S/C17H21N3O3/c1-11(17(22)23)9-18-16(21)15-6-4-14(5-7-15)10-20-13(3)8-12(2)19-20/h4-8,11H,9-10H2,1-3H3,(H,18,21)(H,22,23). The third kappa shape index (κ3) is 4.42. The van der Waals surface area contributed by atoms with Gasteiger partial charge in [0.25, 0.3) is 5.91 Å². The van der Waals surface area contributed by atoms with Gasteiger partial charge in [-0.3, -0.25) is 14.3 Å². The molecule has 1 unspecified atom stereocenters. The molecular formula is C17H21N3O3. The summed E-state index contributed by atoms with van der Waals surface area (Å²) in [4.78, 5) is 22.7. The minimum Gasteiger partial charge on any atom is -0.481 e. The fourth-order valence-corrected chi connectivity index (χ4v) is 2.20. The monoisotopic (exact) mass is 315 g/mol. The van der Waals surface area contributed by atoms with Gasteiger partial charge in [0.15, 0.2) is 0 Å². The average Bonchev–Trinajstić information content (AvgIpc) is 2.82. The maximum Gasteiger partial charge on any atom is 0.308 e. The van der Waals surface area contributed by atoms with Gasteiger partial charge in [0.2, 0.25) is 0 Å². The zero-order valence-corrected chi connectivity index (χ0v) is 13.5. The molecule has 0 saturated heterocycles. The number of carboxylic acid groups (broad SMARTS) is 1. The van der Waals surface area contributed by atoms with Gasteiger partial charge in [0.05, 0.1) is 18.2 Å². The van der Waals surface area contributed by atoms with Gasteiger partial charge in [0, 0.05) is 17.8 Å². The quantitative estimate of drug-likeness (QED) is 0.854. The Labute approximate surface area is 135 Å². The molecule has 0 aliphatic rings. The van der Waals surface area contributed by atoms with Crippen molar-refractivity contribution in [3.05, 3.63) is 52.8 Å². The summed E-state index contributed by atoms with van der Waals surface area (Å²) in [7, 11) is 0. The number of rotatable bonds is 6. The van der Waals surface area contributed by atoms with Crippen molar-refractivity contribution in [1.82, 2.24) is 15.1 Å². The van der Waals surface area contributed by atoms with Crippen molar-refractivity contribution in [2.45, 2.75) is 27.3 Å². The smallest absolute Gasteiger partial charge is 0.308 e. The van der Waals surface area contributed by atoms with Gasteiger partial charge >= 0.3 is 5.97 Å². The molecule has 6 nitrogen and oxygen atoms in total. The van der Waals surface area contributed by atoms with Crippen LogP contribution < -0.4 is 5.32 Å². The predicted octanol–water partition coefficient (Wildman–Crippen LogP) is 2.00. The number of hydrogen-bond donors (Lipinski definition) is 2. The van der Waals surface area contributed by atoms with Crippen molar-refractivity contribution in [2.24, 2.45) is 5.92 Å². The second-order valence-electron chi connectivity index (χ2n) is 5.73. The van der Waals surface area contributed by atoms with E-state index in [2.05, 4.69) is 10.4 Å². The second kappa shape index (κ2) is 7.09. The Morgan fingerprint density at radius 3 is 2.43 bits per heavy atom. The van der Waals surface area contributed by atoms with E-state index in [4.69, 9.17) is 5.11 Å². The molecule has 0 aliphatic carbocycles. The lowest BCUT2D eigenvalue weighted by atomic mass is 10.1. The molecule has 0 aliphatic heterocycles. The Hall–Kier alpha value is -2.63. The fraction of sp³-hybridized carbons (Fsp3) is 0.353. The molecule has 0 fully saturated rings. The number of carbonyl (C=O) groups is 2.